The van der Waals surface area contributed by atoms with Crippen LogP contribution in [0.2, 0.25) is 19.6 Å². The predicted octanol–water partition coefficient (Wildman–Crippen LogP) is 9.32. The average molecular weight is 588 g/mol. The van der Waals surface area contributed by atoms with E-state index in [4.69, 9.17) is 0 Å². The molecule has 0 nitrogen and oxygen atoms in total. The van der Waals surface area contributed by atoms with Crippen molar-refractivity contribution < 1.29 is 21.3 Å². The van der Waals surface area contributed by atoms with Crippen molar-refractivity contribution in [3.63, 3.8) is 0 Å². The van der Waals surface area contributed by atoms with E-state index in [2.05, 4.69) is 104 Å². The van der Waals surface area contributed by atoms with Gasteiger partial charge in [-0.25, -0.2) is 0 Å². The van der Waals surface area contributed by atoms with Crippen molar-refractivity contribution in [2.45, 2.75) is 117 Å². The Kier molecular flexibility index (Phi) is 7.28. The maximum atomic E-state index is 2.73. The number of rotatable bonds is 3. The molecule has 0 amide bonds. The van der Waals surface area contributed by atoms with Crippen LogP contribution in [0.25, 0.3) is 11.1 Å². The van der Waals surface area contributed by atoms with Gasteiger partial charge in [-0.2, -0.15) is 0 Å². The number of allylic oxidation sites excluding steroid dienone is 4. The fourth-order valence-corrected chi connectivity index (χ4v) is 16.6. The molecule has 5 rings (SSSR count). The first-order chi connectivity index (χ1) is 17.2. The molecule has 1 fully saturated rings. The van der Waals surface area contributed by atoms with E-state index < -0.39 is 29.3 Å². The fraction of sp³-hybridized carbons (Fsp3) is 0.514. The third kappa shape index (κ3) is 5.49. The van der Waals surface area contributed by atoms with Crippen molar-refractivity contribution >= 4 is 14.6 Å². The van der Waals surface area contributed by atoms with Gasteiger partial charge in [0.15, 0.2) is 0 Å². The molecule has 0 aromatic heterocycles. The molecular formula is C35H48SiZr. The van der Waals surface area contributed by atoms with Crippen LogP contribution in [0.1, 0.15) is 102 Å². The van der Waals surface area contributed by atoms with Gasteiger partial charge in [0, 0.05) is 0 Å². The number of hydrogen-bond donors (Lipinski definition) is 0. The first kappa shape index (κ1) is 27.5. The molecule has 0 radical (unpaired) electrons. The molecule has 0 aliphatic heterocycles. The second-order valence-electron chi connectivity index (χ2n) is 14.9. The third-order valence-electron chi connectivity index (χ3n) is 8.89. The summed E-state index contributed by atoms with van der Waals surface area (Å²) < 4.78 is 5.70. The molecule has 0 unspecified atom stereocenters. The maximum absolute atomic E-state index is 2.73. The molecule has 0 saturated heterocycles. The summed E-state index contributed by atoms with van der Waals surface area (Å²) >= 11 is -2.20. The topological polar surface area (TPSA) is 0 Å². The molecule has 196 valence electrons. The second kappa shape index (κ2) is 9.82. The van der Waals surface area contributed by atoms with E-state index in [1.54, 1.807) is 27.5 Å². The number of benzene rings is 2. The number of fused-ring (bicyclic) bond motifs is 3. The van der Waals surface area contributed by atoms with E-state index in [1.807, 2.05) is 9.76 Å². The van der Waals surface area contributed by atoms with Crippen molar-refractivity contribution in [2.75, 3.05) is 0 Å². The van der Waals surface area contributed by atoms with Crippen LogP contribution < -0.4 is 3.27 Å². The Hall–Kier alpha value is -1.11. The van der Waals surface area contributed by atoms with Gasteiger partial charge in [-0.3, -0.25) is 0 Å². The molecule has 1 saturated carbocycles. The van der Waals surface area contributed by atoms with Gasteiger partial charge in [0.2, 0.25) is 0 Å². The van der Waals surface area contributed by atoms with E-state index in [1.165, 1.54) is 49.7 Å². The van der Waals surface area contributed by atoms with Gasteiger partial charge in [0.1, 0.15) is 0 Å². The molecule has 3 aliphatic rings. The Labute approximate surface area is 235 Å². The molecule has 0 bridgehead atoms. The zero-order valence-electron chi connectivity index (χ0n) is 25.0. The summed E-state index contributed by atoms with van der Waals surface area (Å²) in [5, 5.41) is 1.71. The van der Waals surface area contributed by atoms with Crippen molar-refractivity contribution in [2.24, 2.45) is 0 Å². The van der Waals surface area contributed by atoms with Crippen LogP contribution >= 0.6 is 0 Å². The summed E-state index contributed by atoms with van der Waals surface area (Å²) in [4.78, 5) is 0. The first-order valence-electron chi connectivity index (χ1n) is 14.7. The molecule has 37 heavy (non-hydrogen) atoms. The van der Waals surface area contributed by atoms with E-state index >= 15 is 0 Å². The molecule has 0 atom stereocenters. The van der Waals surface area contributed by atoms with Crippen molar-refractivity contribution in [3.8, 4) is 11.1 Å². The van der Waals surface area contributed by atoms with Crippen LogP contribution in [0, 0.1) is 0 Å². The Morgan fingerprint density at radius 1 is 0.757 bits per heavy atom. The second-order valence-corrected chi connectivity index (χ2v) is 26.5. The van der Waals surface area contributed by atoms with Gasteiger partial charge in [0.05, 0.1) is 0 Å². The minimum atomic E-state index is -2.20. The zero-order chi connectivity index (χ0) is 26.8. The SMILES string of the molecule is CC(C)(C)c1ccc2c(c1)-c1cc(C(C)(C)C)c[c]([Zr]([C]3=CC([Si](C)(C)C)=CC3)=[C]3CCCCC3)c1C2. The molecular weight excluding hydrogens is 540 g/mol. The van der Waals surface area contributed by atoms with Gasteiger partial charge < -0.3 is 0 Å². The van der Waals surface area contributed by atoms with Crippen LogP contribution in [0.4, 0.5) is 0 Å². The van der Waals surface area contributed by atoms with Crippen molar-refractivity contribution in [1.82, 2.24) is 0 Å². The summed E-state index contributed by atoms with van der Waals surface area (Å²) in [6, 6.07) is 12.7. The third-order valence-corrected chi connectivity index (χ3v) is 18.8. The Balaban J connectivity index is 1.75. The standard InChI is InChI=1S/C21H25.C8H13Si.C6H10.Zr/c1-20(2,3)16-9-7-14-11-15-8-10-17(21(4,5)6)13-19(15)18(14)12-16;1-9(2,3)8-6-4-5-7-8;1-2-4-6-5-3-1;/h7,9-10,12-13H,11H2,1-6H3;6-7H,4H2,1-3H3;1-5H2;. The van der Waals surface area contributed by atoms with Crippen LogP contribution in [0.5, 0.6) is 0 Å². The molecule has 0 spiro atoms. The molecule has 2 aromatic rings. The van der Waals surface area contributed by atoms with Crippen LogP contribution in [-0.2, 0) is 38.5 Å². The fourth-order valence-electron chi connectivity index (χ4n) is 6.44. The Morgan fingerprint density at radius 3 is 2.00 bits per heavy atom. The average Bonchev–Trinajstić information content (AvgIpc) is 3.44. The minimum absolute atomic E-state index is 0.158. The van der Waals surface area contributed by atoms with Gasteiger partial charge in [-0.1, -0.05) is 0 Å². The summed E-state index contributed by atoms with van der Waals surface area (Å²) in [6.07, 6.45) is 14.8. The summed E-state index contributed by atoms with van der Waals surface area (Å²) in [5.41, 5.74) is 9.67. The van der Waals surface area contributed by atoms with Crippen molar-refractivity contribution in [1.29, 1.82) is 0 Å². The zero-order valence-corrected chi connectivity index (χ0v) is 28.4. The van der Waals surface area contributed by atoms with Crippen molar-refractivity contribution in [3.05, 3.63) is 73.2 Å². The van der Waals surface area contributed by atoms with E-state index in [0.29, 0.717) is 0 Å². The normalized spacial score (nSPS) is 17.9. The van der Waals surface area contributed by atoms with Crippen LogP contribution in [0.3, 0.4) is 0 Å². The molecule has 0 heterocycles. The molecule has 2 heteroatoms. The quantitative estimate of drug-likeness (QED) is 0.268. The van der Waals surface area contributed by atoms with E-state index in [-0.39, 0.29) is 10.8 Å². The van der Waals surface area contributed by atoms with Crippen LogP contribution in [-0.4, -0.2) is 11.3 Å². The summed E-state index contributed by atoms with van der Waals surface area (Å²) in [6.45, 7) is 21.9. The van der Waals surface area contributed by atoms with E-state index in [9.17, 15) is 0 Å². The number of hydrogen-bond acceptors (Lipinski definition) is 0. The first-order valence-corrected chi connectivity index (χ1v) is 21.9. The molecule has 0 N–H and O–H groups in total. The Morgan fingerprint density at radius 2 is 1.41 bits per heavy atom. The summed E-state index contributed by atoms with van der Waals surface area (Å²) in [5.74, 6) is 0. The van der Waals surface area contributed by atoms with Gasteiger partial charge in [0.25, 0.3) is 0 Å². The van der Waals surface area contributed by atoms with E-state index in [0.717, 1.165) is 6.42 Å². The van der Waals surface area contributed by atoms with Gasteiger partial charge in [-0.15, -0.1) is 0 Å². The van der Waals surface area contributed by atoms with Gasteiger partial charge >= 0.3 is 237 Å². The molecule has 3 aliphatic carbocycles. The Bertz CT molecular complexity index is 1320. The van der Waals surface area contributed by atoms with Crippen LogP contribution in [0.15, 0.2) is 51.0 Å². The molecule has 2 aromatic carbocycles. The van der Waals surface area contributed by atoms with Gasteiger partial charge in [-0.05, 0) is 0 Å². The summed E-state index contributed by atoms with van der Waals surface area (Å²) in [7, 11) is -1.29. The predicted molar refractivity (Wildman–Crippen MR) is 164 cm³/mol. The monoisotopic (exact) mass is 586 g/mol.